The molecule has 1 aromatic heterocycles. The van der Waals surface area contributed by atoms with Crippen molar-refractivity contribution < 1.29 is 0 Å². The van der Waals surface area contributed by atoms with Gasteiger partial charge in [0.2, 0.25) is 0 Å². The standard InChI is InChI=1S/C16H22ClN3/c1-3-4-5-6-11-14-15(16(18)20(2)19-14)12-9-7-8-10-13(12)17/h7-10H,3-6,11,18H2,1-2H3. The van der Waals surface area contributed by atoms with Crippen LogP contribution in [0.3, 0.4) is 0 Å². The average molecular weight is 292 g/mol. The molecule has 3 nitrogen and oxygen atoms in total. The van der Waals surface area contributed by atoms with Gasteiger partial charge in [0, 0.05) is 23.2 Å². The Balaban J connectivity index is 2.30. The Hall–Kier alpha value is -1.48. The number of nitrogen functional groups attached to an aromatic ring is 1. The molecule has 0 atom stereocenters. The summed E-state index contributed by atoms with van der Waals surface area (Å²) in [5, 5.41) is 5.28. The van der Waals surface area contributed by atoms with Crippen molar-refractivity contribution in [1.82, 2.24) is 9.78 Å². The number of nitrogens with zero attached hydrogens (tertiary/aromatic N) is 2. The quantitative estimate of drug-likeness (QED) is 0.799. The number of aromatic nitrogens is 2. The maximum absolute atomic E-state index is 6.30. The van der Waals surface area contributed by atoms with Crippen LogP contribution in [0.15, 0.2) is 24.3 Å². The smallest absolute Gasteiger partial charge is 0.129 e. The number of rotatable bonds is 6. The Labute approximate surface area is 125 Å². The van der Waals surface area contributed by atoms with Crippen LogP contribution >= 0.6 is 11.6 Å². The van der Waals surface area contributed by atoms with Gasteiger partial charge in [0.15, 0.2) is 0 Å². The Kier molecular flexibility index (Phi) is 5.07. The number of aryl methyl sites for hydroxylation is 2. The first-order valence-corrected chi connectivity index (χ1v) is 7.59. The van der Waals surface area contributed by atoms with Crippen molar-refractivity contribution in [3.05, 3.63) is 35.0 Å². The molecular formula is C16H22ClN3. The lowest BCUT2D eigenvalue weighted by molar-refractivity contribution is 0.651. The zero-order valence-electron chi connectivity index (χ0n) is 12.2. The van der Waals surface area contributed by atoms with Gasteiger partial charge in [-0.3, -0.25) is 4.68 Å². The van der Waals surface area contributed by atoms with E-state index >= 15 is 0 Å². The SMILES string of the molecule is CCCCCCc1nn(C)c(N)c1-c1ccccc1Cl. The lowest BCUT2D eigenvalue weighted by Gasteiger charge is -2.06. The highest BCUT2D eigenvalue weighted by Gasteiger charge is 2.17. The highest BCUT2D eigenvalue weighted by molar-refractivity contribution is 6.33. The van der Waals surface area contributed by atoms with Gasteiger partial charge in [0.25, 0.3) is 0 Å². The minimum absolute atomic E-state index is 0.684. The molecule has 0 unspecified atom stereocenters. The van der Waals surface area contributed by atoms with Crippen LogP contribution in [0.25, 0.3) is 11.1 Å². The molecule has 2 aromatic rings. The van der Waals surface area contributed by atoms with E-state index in [1.54, 1.807) is 4.68 Å². The van der Waals surface area contributed by atoms with Crippen LogP contribution in [0.2, 0.25) is 5.02 Å². The molecule has 0 saturated carbocycles. The molecule has 1 heterocycles. The summed E-state index contributed by atoms with van der Waals surface area (Å²) < 4.78 is 1.74. The van der Waals surface area contributed by atoms with E-state index in [9.17, 15) is 0 Å². The predicted octanol–water partition coefficient (Wildman–Crippen LogP) is 4.45. The summed E-state index contributed by atoms with van der Waals surface area (Å²) in [4.78, 5) is 0. The Morgan fingerprint density at radius 3 is 2.65 bits per heavy atom. The summed E-state index contributed by atoms with van der Waals surface area (Å²) in [7, 11) is 1.88. The maximum atomic E-state index is 6.30. The number of anilines is 1. The van der Waals surface area contributed by atoms with E-state index in [2.05, 4.69) is 12.0 Å². The van der Waals surface area contributed by atoms with Crippen LogP contribution < -0.4 is 5.73 Å². The van der Waals surface area contributed by atoms with Gasteiger partial charge in [-0.05, 0) is 18.9 Å². The second-order valence-electron chi connectivity index (χ2n) is 5.12. The molecule has 0 aliphatic carbocycles. The monoisotopic (exact) mass is 291 g/mol. The summed E-state index contributed by atoms with van der Waals surface area (Å²) >= 11 is 6.30. The fraction of sp³-hybridized carbons (Fsp3) is 0.438. The lowest BCUT2D eigenvalue weighted by Crippen LogP contribution is -1.98. The predicted molar refractivity (Wildman–Crippen MR) is 85.9 cm³/mol. The molecule has 0 spiro atoms. The van der Waals surface area contributed by atoms with Crippen LogP contribution in [0, 0.1) is 0 Å². The third kappa shape index (κ3) is 3.15. The van der Waals surface area contributed by atoms with E-state index in [1.165, 1.54) is 19.3 Å². The second-order valence-corrected chi connectivity index (χ2v) is 5.53. The van der Waals surface area contributed by atoms with Gasteiger partial charge in [-0.2, -0.15) is 5.10 Å². The molecule has 0 amide bonds. The van der Waals surface area contributed by atoms with Crippen LogP contribution in [-0.4, -0.2) is 9.78 Å². The zero-order chi connectivity index (χ0) is 14.5. The third-order valence-electron chi connectivity index (χ3n) is 3.57. The van der Waals surface area contributed by atoms with E-state index in [-0.39, 0.29) is 0 Å². The first-order valence-electron chi connectivity index (χ1n) is 7.21. The first-order chi connectivity index (χ1) is 9.65. The Morgan fingerprint density at radius 2 is 1.95 bits per heavy atom. The molecule has 1 aromatic carbocycles. The molecule has 0 fully saturated rings. The van der Waals surface area contributed by atoms with E-state index in [0.717, 1.165) is 34.7 Å². The first kappa shape index (κ1) is 14.9. The fourth-order valence-corrected chi connectivity index (χ4v) is 2.68. The van der Waals surface area contributed by atoms with E-state index < -0.39 is 0 Å². The summed E-state index contributed by atoms with van der Waals surface area (Å²) in [6.07, 6.45) is 5.83. The Bertz CT molecular complexity index is 575. The van der Waals surface area contributed by atoms with Crippen LogP contribution in [0.1, 0.15) is 38.3 Å². The number of hydrogen-bond acceptors (Lipinski definition) is 2. The molecule has 0 aliphatic heterocycles. The van der Waals surface area contributed by atoms with Crippen molar-refractivity contribution in [2.75, 3.05) is 5.73 Å². The maximum Gasteiger partial charge on any atom is 0.129 e. The largest absolute Gasteiger partial charge is 0.383 e. The van der Waals surface area contributed by atoms with Crippen LogP contribution in [0.5, 0.6) is 0 Å². The van der Waals surface area contributed by atoms with Gasteiger partial charge >= 0.3 is 0 Å². The lowest BCUT2D eigenvalue weighted by atomic mass is 10.0. The molecule has 2 N–H and O–H groups in total. The number of nitrogens with two attached hydrogens (primary N) is 1. The summed E-state index contributed by atoms with van der Waals surface area (Å²) in [6.45, 7) is 2.22. The molecule has 0 aliphatic rings. The molecule has 0 radical (unpaired) electrons. The highest BCUT2D eigenvalue weighted by Crippen LogP contribution is 2.35. The van der Waals surface area contributed by atoms with E-state index in [0.29, 0.717) is 5.82 Å². The van der Waals surface area contributed by atoms with E-state index in [4.69, 9.17) is 17.3 Å². The average Bonchev–Trinajstić information content (AvgIpc) is 2.71. The van der Waals surface area contributed by atoms with Gasteiger partial charge in [-0.15, -0.1) is 0 Å². The van der Waals surface area contributed by atoms with Crippen molar-refractivity contribution in [1.29, 1.82) is 0 Å². The Morgan fingerprint density at radius 1 is 1.20 bits per heavy atom. The topological polar surface area (TPSA) is 43.8 Å². The van der Waals surface area contributed by atoms with Gasteiger partial charge in [0.05, 0.1) is 5.69 Å². The number of halogens is 1. The van der Waals surface area contributed by atoms with Gasteiger partial charge in [-0.25, -0.2) is 0 Å². The number of unbranched alkanes of at least 4 members (excludes halogenated alkanes) is 3. The molecule has 0 bridgehead atoms. The van der Waals surface area contributed by atoms with E-state index in [1.807, 2.05) is 31.3 Å². The minimum Gasteiger partial charge on any atom is -0.383 e. The van der Waals surface area contributed by atoms with Gasteiger partial charge in [-0.1, -0.05) is 56.0 Å². The molecule has 20 heavy (non-hydrogen) atoms. The van der Waals surface area contributed by atoms with Crippen LogP contribution in [0.4, 0.5) is 5.82 Å². The molecule has 2 rings (SSSR count). The highest BCUT2D eigenvalue weighted by atomic mass is 35.5. The van der Waals surface area contributed by atoms with Gasteiger partial charge in [0.1, 0.15) is 5.82 Å². The zero-order valence-corrected chi connectivity index (χ0v) is 13.0. The normalized spacial score (nSPS) is 10.9. The van der Waals surface area contributed by atoms with Crippen molar-refractivity contribution in [2.45, 2.75) is 39.0 Å². The molecule has 0 saturated heterocycles. The molecular weight excluding hydrogens is 270 g/mol. The summed E-state index contributed by atoms with van der Waals surface area (Å²) in [6, 6.07) is 7.81. The van der Waals surface area contributed by atoms with Gasteiger partial charge < -0.3 is 5.73 Å². The fourth-order valence-electron chi connectivity index (χ4n) is 2.45. The number of benzene rings is 1. The van der Waals surface area contributed by atoms with Crippen molar-refractivity contribution in [2.24, 2.45) is 7.05 Å². The summed E-state index contributed by atoms with van der Waals surface area (Å²) in [5.41, 5.74) is 9.20. The third-order valence-corrected chi connectivity index (χ3v) is 3.90. The van der Waals surface area contributed by atoms with Crippen LogP contribution in [-0.2, 0) is 13.5 Å². The molecule has 108 valence electrons. The second kappa shape index (κ2) is 6.80. The molecule has 4 heteroatoms. The van der Waals surface area contributed by atoms with Crippen molar-refractivity contribution in [3.63, 3.8) is 0 Å². The van der Waals surface area contributed by atoms with Crippen molar-refractivity contribution in [3.8, 4) is 11.1 Å². The summed E-state index contributed by atoms with van der Waals surface area (Å²) in [5.74, 6) is 0.684. The minimum atomic E-state index is 0.684. The van der Waals surface area contributed by atoms with Crippen molar-refractivity contribution >= 4 is 17.4 Å². The number of hydrogen-bond donors (Lipinski definition) is 1.